The third kappa shape index (κ3) is 10.5. The van der Waals surface area contributed by atoms with Crippen molar-refractivity contribution in [3.8, 4) is 11.5 Å². The maximum atomic E-state index is 13.5. The number of urea groups is 1. The van der Waals surface area contributed by atoms with Gasteiger partial charge in [-0.05, 0) is 86.0 Å². The molecule has 1 saturated heterocycles. The van der Waals surface area contributed by atoms with Gasteiger partial charge in [0.2, 0.25) is 10.0 Å². The molecule has 2 N–H and O–H groups in total. The van der Waals surface area contributed by atoms with Gasteiger partial charge >= 0.3 is 6.03 Å². The van der Waals surface area contributed by atoms with E-state index in [9.17, 15) is 17.6 Å². The zero-order valence-corrected chi connectivity index (χ0v) is 29.4. The van der Waals surface area contributed by atoms with E-state index >= 15 is 0 Å². The van der Waals surface area contributed by atoms with Crippen molar-refractivity contribution in [3.63, 3.8) is 0 Å². The standard InChI is InChI=1S/C32H36ClFN6O4S.2ClH/c1-22-30(31(33)38(2)36-22)21-40(32(41)35-25-8-6-24(34)7-9-25)27-16-18-39(19-17-27)20-23-4-12-28(13-5-23)44-29-14-10-26(11-15-29)37-45(3,42)43;;/h4-15,27,37H,16-21H2,1-3H3,(H,35,41);2*1H. The Kier molecular flexibility index (Phi) is 13.3. The van der Waals surface area contributed by atoms with E-state index < -0.39 is 10.0 Å². The molecule has 1 fully saturated rings. The van der Waals surface area contributed by atoms with E-state index in [0.29, 0.717) is 34.6 Å². The van der Waals surface area contributed by atoms with Crippen LogP contribution in [0.5, 0.6) is 11.5 Å². The number of benzene rings is 3. The molecule has 1 aromatic heterocycles. The van der Waals surface area contributed by atoms with Gasteiger partial charge in [-0.1, -0.05) is 23.7 Å². The van der Waals surface area contributed by atoms with Crippen molar-refractivity contribution in [2.45, 2.75) is 38.9 Å². The summed E-state index contributed by atoms with van der Waals surface area (Å²) in [6.07, 6.45) is 2.66. The molecule has 1 aliphatic rings. The Balaban J connectivity index is 0.00000300. The minimum absolute atomic E-state index is 0. The van der Waals surface area contributed by atoms with Crippen molar-refractivity contribution in [2.24, 2.45) is 7.05 Å². The number of halogens is 4. The third-order valence-electron chi connectivity index (χ3n) is 7.68. The number of carbonyl (C=O) groups is 1. The summed E-state index contributed by atoms with van der Waals surface area (Å²) in [4.78, 5) is 17.7. The molecule has 47 heavy (non-hydrogen) atoms. The number of hydrogen-bond acceptors (Lipinski definition) is 6. The first kappa shape index (κ1) is 37.9. The van der Waals surface area contributed by atoms with Crippen molar-refractivity contribution >= 4 is 63.8 Å². The second-order valence-electron chi connectivity index (χ2n) is 11.2. The fraction of sp³-hybridized carbons (Fsp3) is 0.312. The van der Waals surface area contributed by atoms with E-state index in [2.05, 4.69) is 20.0 Å². The van der Waals surface area contributed by atoms with E-state index in [1.165, 1.54) is 12.1 Å². The molecule has 0 unspecified atom stereocenters. The minimum Gasteiger partial charge on any atom is -0.457 e. The summed E-state index contributed by atoms with van der Waals surface area (Å²) in [7, 11) is -1.56. The molecule has 2 heterocycles. The number of nitrogens with one attached hydrogen (secondary N) is 2. The summed E-state index contributed by atoms with van der Waals surface area (Å²) in [6.45, 7) is 4.56. The molecule has 4 aromatic rings. The van der Waals surface area contributed by atoms with Gasteiger partial charge in [-0.2, -0.15) is 5.10 Å². The van der Waals surface area contributed by atoms with Crippen molar-refractivity contribution in [3.05, 3.63) is 101 Å². The summed E-state index contributed by atoms with van der Waals surface area (Å²) >= 11 is 6.54. The van der Waals surface area contributed by atoms with Crippen molar-refractivity contribution in [1.82, 2.24) is 19.6 Å². The lowest BCUT2D eigenvalue weighted by Gasteiger charge is -2.38. The number of amides is 2. The van der Waals surface area contributed by atoms with Crippen LogP contribution in [0.25, 0.3) is 0 Å². The molecule has 0 saturated carbocycles. The lowest BCUT2D eigenvalue weighted by molar-refractivity contribution is 0.119. The normalized spacial score (nSPS) is 13.6. The van der Waals surface area contributed by atoms with Crippen LogP contribution in [-0.2, 0) is 30.2 Å². The summed E-state index contributed by atoms with van der Waals surface area (Å²) in [5.41, 5.74) is 3.70. The smallest absolute Gasteiger partial charge is 0.322 e. The maximum absolute atomic E-state index is 13.5. The van der Waals surface area contributed by atoms with Crippen LogP contribution in [0.4, 0.5) is 20.6 Å². The van der Waals surface area contributed by atoms with Gasteiger partial charge in [-0.25, -0.2) is 17.6 Å². The van der Waals surface area contributed by atoms with Crippen LogP contribution >= 0.6 is 36.4 Å². The van der Waals surface area contributed by atoms with Crippen LogP contribution in [0.3, 0.4) is 0 Å². The molecule has 2 amide bonds. The number of rotatable bonds is 10. The second-order valence-corrected chi connectivity index (χ2v) is 13.3. The zero-order valence-electron chi connectivity index (χ0n) is 26.2. The van der Waals surface area contributed by atoms with Gasteiger partial charge < -0.3 is 15.0 Å². The molecule has 0 bridgehead atoms. The predicted molar refractivity (Wildman–Crippen MR) is 188 cm³/mol. The minimum atomic E-state index is -3.34. The SMILES string of the molecule is Cc1nn(C)c(Cl)c1CN(C(=O)Nc1ccc(F)cc1)C1CCN(Cc2ccc(Oc3ccc(NS(C)(=O)=O)cc3)cc2)CC1.Cl.Cl. The molecule has 5 rings (SSSR count). The van der Waals surface area contributed by atoms with Crippen LogP contribution in [0, 0.1) is 12.7 Å². The number of hydrogen-bond donors (Lipinski definition) is 2. The molecule has 0 radical (unpaired) electrons. The molecular formula is C32H38Cl3FN6O4S. The number of piperidine rings is 1. The number of aromatic nitrogens is 2. The lowest BCUT2D eigenvalue weighted by atomic mass is 10.0. The number of likely N-dealkylation sites (tertiary alicyclic amines) is 1. The fourth-order valence-electron chi connectivity index (χ4n) is 5.37. The molecule has 10 nitrogen and oxygen atoms in total. The van der Waals surface area contributed by atoms with Crippen molar-refractivity contribution in [1.29, 1.82) is 0 Å². The Hall–Kier alpha value is -3.55. The highest BCUT2D eigenvalue weighted by Gasteiger charge is 2.30. The Morgan fingerprint density at radius 3 is 2.06 bits per heavy atom. The number of anilines is 2. The summed E-state index contributed by atoms with van der Waals surface area (Å²) in [6, 6.07) is 20.0. The summed E-state index contributed by atoms with van der Waals surface area (Å²) in [5.74, 6) is 0.904. The largest absolute Gasteiger partial charge is 0.457 e. The Labute approximate surface area is 292 Å². The topological polar surface area (TPSA) is 109 Å². The maximum Gasteiger partial charge on any atom is 0.322 e. The van der Waals surface area contributed by atoms with Gasteiger partial charge in [0.05, 0.1) is 18.5 Å². The fourth-order valence-corrected chi connectivity index (χ4v) is 6.17. The van der Waals surface area contributed by atoms with Gasteiger partial charge in [-0.15, -0.1) is 24.8 Å². The van der Waals surface area contributed by atoms with E-state index in [-0.39, 0.29) is 42.7 Å². The van der Waals surface area contributed by atoms with E-state index in [1.54, 1.807) is 48.1 Å². The quantitative estimate of drug-likeness (QED) is 0.179. The van der Waals surface area contributed by atoms with Crippen LogP contribution in [-0.4, -0.2) is 59.4 Å². The van der Waals surface area contributed by atoms with Crippen LogP contribution in [0.15, 0.2) is 72.8 Å². The van der Waals surface area contributed by atoms with Gasteiger partial charge in [-0.3, -0.25) is 14.3 Å². The van der Waals surface area contributed by atoms with Crippen molar-refractivity contribution < 1.29 is 22.3 Å². The number of carbonyl (C=O) groups excluding carboxylic acids is 1. The number of nitrogens with zero attached hydrogens (tertiary/aromatic N) is 4. The van der Waals surface area contributed by atoms with Crippen LogP contribution in [0.1, 0.15) is 29.7 Å². The average molecular weight is 728 g/mol. The van der Waals surface area contributed by atoms with Gasteiger partial charge in [0.25, 0.3) is 0 Å². The van der Waals surface area contributed by atoms with E-state index in [0.717, 1.165) is 55.6 Å². The number of ether oxygens (including phenoxy) is 1. The Morgan fingerprint density at radius 1 is 0.979 bits per heavy atom. The first-order chi connectivity index (χ1) is 21.4. The molecule has 0 atom stereocenters. The first-order valence-corrected chi connectivity index (χ1v) is 16.8. The van der Waals surface area contributed by atoms with Gasteiger partial charge in [0.1, 0.15) is 22.5 Å². The molecule has 254 valence electrons. The molecule has 15 heteroatoms. The van der Waals surface area contributed by atoms with E-state index in [4.69, 9.17) is 16.3 Å². The van der Waals surface area contributed by atoms with E-state index in [1.807, 2.05) is 36.1 Å². The van der Waals surface area contributed by atoms with Gasteiger partial charge in [0, 0.05) is 49.7 Å². The molecular weight excluding hydrogens is 690 g/mol. The highest BCUT2D eigenvalue weighted by Crippen LogP contribution is 2.28. The Bertz CT molecular complexity index is 1730. The highest BCUT2D eigenvalue weighted by atomic mass is 35.5. The number of aryl methyl sites for hydroxylation is 2. The molecule has 0 aliphatic carbocycles. The summed E-state index contributed by atoms with van der Waals surface area (Å²) < 4.78 is 46.2. The average Bonchev–Trinajstić information content (AvgIpc) is 3.24. The zero-order chi connectivity index (χ0) is 32.1. The lowest BCUT2D eigenvalue weighted by Crippen LogP contribution is -2.48. The molecule has 0 spiro atoms. The monoisotopic (exact) mass is 726 g/mol. The summed E-state index contributed by atoms with van der Waals surface area (Å²) in [5, 5.41) is 7.82. The highest BCUT2D eigenvalue weighted by molar-refractivity contribution is 7.92. The predicted octanol–water partition coefficient (Wildman–Crippen LogP) is 7.23. The molecule has 3 aromatic carbocycles. The van der Waals surface area contributed by atoms with Crippen molar-refractivity contribution in [2.75, 3.05) is 29.4 Å². The van der Waals surface area contributed by atoms with Crippen LogP contribution in [0.2, 0.25) is 5.15 Å². The van der Waals surface area contributed by atoms with Crippen LogP contribution < -0.4 is 14.8 Å². The first-order valence-electron chi connectivity index (χ1n) is 14.5. The number of sulfonamides is 1. The van der Waals surface area contributed by atoms with Gasteiger partial charge in [0.15, 0.2) is 0 Å². The third-order valence-corrected chi connectivity index (χ3v) is 8.75. The Morgan fingerprint density at radius 2 is 1.53 bits per heavy atom. The molecule has 1 aliphatic heterocycles. The second kappa shape index (κ2) is 16.5.